The van der Waals surface area contributed by atoms with Gasteiger partial charge >= 0.3 is 0 Å². The van der Waals surface area contributed by atoms with Gasteiger partial charge in [-0.05, 0) is 39.7 Å². The summed E-state index contributed by atoms with van der Waals surface area (Å²) < 4.78 is 19.1. The van der Waals surface area contributed by atoms with Crippen LogP contribution in [0.4, 0.5) is 10.3 Å². The Morgan fingerprint density at radius 2 is 1.86 bits per heavy atom. The van der Waals surface area contributed by atoms with Gasteiger partial charge in [0.1, 0.15) is 11.5 Å². The van der Waals surface area contributed by atoms with Gasteiger partial charge in [-0.15, -0.1) is 0 Å². The van der Waals surface area contributed by atoms with Crippen LogP contribution in [-0.2, 0) is 0 Å². The minimum atomic E-state index is -0.379. The summed E-state index contributed by atoms with van der Waals surface area (Å²) in [5.41, 5.74) is 8.31. The molecule has 1 aromatic heterocycles. The van der Waals surface area contributed by atoms with E-state index in [0.29, 0.717) is 26.3 Å². The fraction of sp³-hybridized carbons (Fsp3) is 0. The highest BCUT2D eigenvalue weighted by Crippen LogP contribution is 2.39. The topological polar surface area (TPSA) is 52.0 Å². The first kappa shape index (κ1) is 14.1. The minimum Gasteiger partial charge on any atom is -0.367 e. The van der Waals surface area contributed by atoms with Crippen molar-refractivity contribution in [1.29, 1.82) is 0 Å². The van der Waals surface area contributed by atoms with E-state index >= 15 is 0 Å². The standard InChI is InChI=1S/C15H9BrClFN2O/c16-13-10(2-1-3-11(13)18)14-12(15(19)21-20-14)8-4-6-9(17)7-5-8/h1-7H,19H2. The second-order valence-electron chi connectivity index (χ2n) is 4.38. The Hall–Kier alpha value is -1.85. The maximum Gasteiger partial charge on any atom is 0.230 e. The molecule has 3 rings (SSSR count). The minimum absolute atomic E-state index is 0.170. The lowest BCUT2D eigenvalue weighted by Gasteiger charge is -2.05. The van der Waals surface area contributed by atoms with Gasteiger partial charge in [0.25, 0.3) is 0 Å². The highest BCUT2D eigenvalue weighted by atomic mass is 79.9. The summed E-state index contributed by atoms with van der Waals surface area (Å²) in [5.74, 6) is -0.209. The summed E-state index contributed by atoms with van der Waals surface area (Å²) in [4.78, 5) is 0. The van der Waals surface area contributed by atoms with Crippen LogP contribution in [0.2, 0.25) is 5.02 Å². The molecule has 0 atom stereocenters. The Balaban J connectivity index is 2.22. The Kier molecular flexibility index (Phi) is 3.69. The average molecular weight is 368 g/mol. The summed E-state index contributed by atoms with van der Waals surface area (Å²) in [7, 11) is 0. The zero-order valence-electron chi connectivity index (χ0n) is 10.6. The quantitative estimate of drug-likeness (QED) is 0.682. The van der Waals surface area contributed by atoms with Gasteiger partial charge in [-0.2, -0.15) is 0 Å². The van der Waals surface area contributed by atoms with E-state index in [1.54, 1.807) is 24.3 Å². The smallest absolute Gasteiger partial charge is 0.230 e. The molecule has 0 aliphatic carbocycles. The Morgan fingerprint density at radius 3 is 2.57 bits per heavy atom. The summed E-state index contributed by atoms with van der Waals surface area (Å²) in [6.45, 7) is 0. The van der Waals surface area contributed by atoms with E-state index in [-0.39, 0.29) is 11.7 Å². The van der Waals surface area contributed by atoms with Gasteiger partial charge < -0.3 is 10.3 Å². The van der Waals surface area contributed by atoms with Crippen molar-refractivity contribution in [2.45, 2.75) is 0 Å². The molecule has 3 nitrogen and oxygen atoms in total. The Bertz CT molecular complexity index is 802. The van der Waals surface area contributed by atoms with Gasteiger partial charge in [-0.1, -0.05) is 41.0 Å². The molecule has 0 radical (unpaired) electrons. The van der Waals surface area contributed by atoms with Crippen molar-refractivity contribution in [2.24, 2.45) is 0 Å². The molecule has 2 N–H and O–H groups in total. The van der Waals surface area contributed by atoms with Gasteiger partial charge in [0.15, 0.2) is 0 Å². The van der Waals surface area contributed by atoms with E-state index in [2.05, 4.69) is 21.1 Å². The predicted molar refractivity (Wildman–Crippen MR) is 84.5 cm³/mol. The third kappa shape index (κ3) is 2.54. The third-order valence-corrected chi connectivity index (χ3v) is 4.12. The van der Waals surface area contributed by atoms with Gasteiger partial charge in [0.2, 0.25) is 5.88 Å². The van der Waals surface area contributed by atoms with Crippen molar-refractivity contribution < 1.29 is 8.91 Å². The molecule has 0 fully saturated rings. The molecule has 0 spiro atoms. The third-order valence-electron chi connectivity index (χ3n) is 3.06. The van der Waals surface area contributed by atoms with Crippen molar-refractivity contribution in [1.82, 2.24) is 5.16 Å². The molecule has 0 bridgehead atoms. The molecule has 2 aromatic carbocycles. The van der Waals surface area contributed by atoms with Gasteiger partial charge in [-0.25, -0.2) is 4.39 Å². The molecule has 0 amide bonds. The van der Waals surface area contributed by atoms with Crippen LogP contribution in [0, 0.1) is 5.82 Å². The van der Waals surface area contributed by atoms with Crippen molar-refractivity contribution in [3.63, 3.8) is 0 Å². The van der Waals surface area contributed by atoms with Crippen LogP contribution in [0.3, 0.4) is 0 Å². The Labute approximate surface area is 133 Å². The Morgan fingerprint density at radius 1 is 1.14 bits per heavy atom. The second-order valence-corrected chi connectivity index (χ2v) is 5.61. The van der Waals surface area contributed by atoms with Crippen LogP contribution >= 0.6 is 27.5 Å². The first-order chi connectivity index (χ1) is 10.1. The van der Waals surface area contributed by atoms with Crippen LogP contribution in [0.25, 0.3) is 22.4 Å². The largest absolute Gasteiger partial charge is 0.367 e. The lowest BCUT2D eigenvalue weighted by Crippen LogP contribution is -1.89. The van der Waals surface area contributed by atoms with E-state index in [0.717, 1.165) is 5.56 Å². The van der Waals surface area contributed by atoms with E-state index < -0.39 is 0 Å². The molecule has 106 valence electrons. The van der Waals surface area contributed by atoms with Crippen LogP contribution in [0.1, 0.15) is 0 Å². The van der Waals surface area contributed by atoms with Crippen molar-refractivity contribution in [2.75, 3.05) is 5.73 Å². The molecule has 0 aliphatic rings. The number of anilines is 1. The highest BCUT2D eigenvalue weighted by Gasteiger charge is 2.20. The zero-order valence-corrected chi connectivity index (χ0v) is 13.0. The monoisotopic (exact) mass is 366 g/mol. The van der Waals surface area contributed by atoms with E-state index in [1.807, 2.05) is 12.1 Å². The molecule has 0 saturated carbocycles. The van der Waals surface area contributed by atoms with Gasteiger partial charge in [0.05, 0.1) is 10.0 Å². The van der Waals surface area contributed by atoms with Crippen molar-refractivity contribution in [3.8, 4) is 22.4 Å². The van der Waals surface area contributed by atoms with Crippen LogP contribution in [0.5, 0.6) is 0 Å². The molecule has 3 aromatic rings. The SMILES string of the molecule is Nc1onc(-c2cccc(F)c2Br)c1-c1ccc(Cl)cc1. The van der Waals surface area contributed by atoms with Gasteiger partial charge in [-0.3, -0.25) is 0 Å². The molecule has 0 unspecified atom stereocenters. The van der Waals surface area contributed by atoms with Gasteiger partial charge in [0, 0.05) is 10.6 Å². The second kappa shape index (κ2) is 5.50. The van der Waals surface area contributed by atoms with Crippen molar-refractivity contribution in [3.05, 3.63) is 57.8 Å². The molecular formula is C15H9BrClFN2O. The molecule has 0 saturated heterocycles. The fourth-order valence-electron chi connectivity index (χ4n) is 2.07. The van der Waals surface area contributed by atoms with Crippen LogP contribution in [0.15, 0.2) is 51.5 Å². The number of rotatable bonds is 2. The number of hydrogen-bond acceptors (Lipinski definition) is 3. The lowest BCUT2D eigenvalue weighted by molar-refractivity contribution is 0.439. The number of nitrogens with two attached hydrogens (primary N) is 1. The molecule has 0 aliphatic heterocycles. The average Bonchev–Trinajstić information content (AvgIpc) is 2.85. The summed E-state index contributed by atoms with van der Waals surface area (Å²) in [6, 6.07) is 11.8. The van der Waals surface area contributed by atoms with Crippen LogP contribution < -0.4 is 5.73 Å². The summed E-state index contributed by atoms with van der Waals surface area (Å²) in [5, 5.41) is 4.57. The van der Waals surface area contributed by atoms with E-state index in [1.165, 1.54) is 6.07 Å². The van der Waals surface area contributed by atoms with E-state index in [9.17, 15) is 4.39 Å². The summed E-state index contributed by atoms with van der Waals surface area (Å²) >= 11 is 9.11. The van der Waals surface area contributed by atoms with E-state index in [4.69, 9.17) is 21.9 Å². The predicted octanol–water partition coefficient (Wildman–Crippen LogP) is 5.15. The summed E-state index contributed by atoms with van der Waals surface area (Å²) in [6.07, 6.45) is 0. The highest BCUT2D eigenvalue weighted by molar-refractivity contribution is 9.10. The molecule has 21 heavy (non-hydrogen) atoms. The number of nitrogens with zero attached hydrogens (tertiary/aromatic N) is 1. The number of halogens is 3. The molecule has 1 heterocycles. The number of aromatic nitrogens is 1. The lowest BCUT2D eigenvalue weighted by atomic mass is 10.0. The normalized spacial score (nSPS) is 10.8. The molecule has 6 heteroatoms. The number of benzene rings is 2. The molecular weight excluding hydrogens is 359 g/mol. The zero-order chi connectivity index (χ0) is 15.0. The number of hydrogen-bond donors (Lipinski definition) is 1. The van der Waals surface area contributed by atoms with Crippen molar-refractivity contribution >= 4 is 33.4 Å². The number of nitrogen functional groups attached to an aromatic ring is 1. The maximum absolute atomic E-state index is 13.7. The fourth-order valence-corrected chi connectivity index (χ4v) is 2.65. The first-order valence-electron chi connectivity index (χ1n) is 6.03. The first-order valence-corrected chi connectivity index (χ1v) is 7.20. The van der Waals surface area contributed by atoms with Crippen LogP contribution in [-0.4, -0.2) is 5.16 Å². The maximum atomic E-state index is 13.7.